The van der Waals surface area contributed by atoms with Gasteiger partial charge < -0.3 is 14.6 Å². The molecule has 0 aliphatic carbocycles. The number of hydrogen-bond acceptors (Lipinski definition) is 5. The summed E-state index contributed by atoms with van der Waals surface area (Å²) in [6, 6.07) is 0. The lowest BCUT2D eigenvalue weighted by atomic mass is 10.2. The van der Waals surface area contributed by atoms with Crippen LogP contribution in [0.4, 0.5) is 0 Å². The molecule has 0 heterocycles. The Morgan fingerprint density at radius 3 is 0.843 bits per heavy atom. The van der Waals surface area contributed by atoms with Crippen LogP contribution in [-0.4, -0.2) is 36.4 Å². The molecule has 0 aromatic carbocycles. The SMILES string of the molecule is CC/C=C\C/C=C\C/C=C\C/C=C\C/C=C\C/C=C\C/C=C\C/C=C\C/C=C\CCCC(=O)OC(CO)COC(=O)CCCC/C=C\C/C=C\C/C=C\C/C=C\C/C=C\C/C=C\C/C=C\C/C=C\CC. The number of rotatable bonds is 45. The molecule has 0 spiro atoms. The quantitative estimate of drug-likeness (QED) is 0.0374. The van der Waals surface area contributed by atoms with Gasteiger partial charge >= 0.3 is 11.9 Å². The number of ether oxygens (including phenoxy) is 2. The summed E-state index contributed by atoms with van der Waals surface area (Å²) in [6.07, 6.45) is 94.9. The molecule has 0 radical (unpaired) electrons. The van der Waals surface area contributed by atoms with Crippen LogP contribution in [-0.2, 0) is 19.1 Å². The van der Waals surface area contributed by atoms with Crippen molar-refractivity contribution in [1.29, 1.82) is 0 Å². The molecule has 0 aromatic rings. The van der Waals surface area contributed by atoms with Crippen molar-refractivity contribution in [2.24, 2.45) is 0 Å². The normalized spacial score (nSPS) is 13.9. The minimum absolute atomic E-state index is 0.129. The highest BCUT2D eigenvalue weighted by atomic mass is 16.6. The average Bonchev–Trinajstić information content (AvgIpc) is 3.36. The van der Waals surface area contributed by atoms with Crippen LogP contribution in [0.25, 0.3) is 0 Å². The molecule has 70 heavy (non-hydrogen) atoms. The Kier molecular flexibility index (Phi) is 53.2. The van der Waals surface area contributed by atoms with E-state index in [1.54, 1.807) is 0 Å². The first-order valence-electron chi connectivity index (χ1n) is 26.6. The first-order valence-corrected chi connectivity index (χ1v) is 26.6. The summed E-state index contributed by atoms with van der Waals surface area (Å²) in [5, 5.41) is 9.63. The molecule has 0 fully saturated rings. The molecule has 0 amide bonds. The Bertz CT molecular complexity index is 1740. The summed E-state index contributed by atoms with van der Waals surface area (Å²) in [4.78, 5) is 24.5. The van der Waals surface area contributed by atoms with Gasteiger partial charge in [0.05, 0.1) is 6.61 Å². The van der Waals surface area contributed by atoms with Crippen molar-refractivity contribution in [3.8, 4) is 0 Å². The molecule has 1 atom stereocenters. The van der Waals surface area contributed by atoms with Gasteiger partial charge in [-0.05, 0) is 141 Å². The second-order valence-corrected chi connectivity index (χ2v) is 16.5. The maximum absolute atomic E-state index is 12.3. The third-order valence-electron chi connectivity index (χ3n) is 10.1. The Balaban J connectivity index is 3.81. The summed E-state index contributed by atoms with van der Waals surface area (Å²) in [6.45, 7) is 3.80. The van der Waals surface area contributed by atoms with Crippen LogP contribution in [0.5, 0.6) is 0 Å². The minimum Gasteiger partial charge on any atom is -0.462 e. The number of hydrogen-bond donors (Lipinski definition) is 1. The molecule has 384 valence electrons. The lowest BCUT2D eigenvalue weighted by Gasteiger charge is -2.15. The van der Waals surface area contributed by atoms with Gasteiger partial charge in [-0.2, -0.15) is 0 Å². The number of aliphatic hydroxyl groups is 1. The van der Waals surface area contributed by atoms with Crippen LogP contribution in [0, 0.1) is 0 Å². The van der Waals surface area contributed by atoms with E-state index >= 15 is 0 Å². The number of unbranched alkanes of at least 4 members (excludes halogenated alkanes) is 3. The van der Waals surface area contributed by atoms with Gasteiger partial charge in [0.2, 0.25) is 0 Å². The summed E-state index contributed by atoms with van der Waals surface area (Å²) < 4.78 is 10.6. The van der Waals surface area contributed by atoms with Crippen molar-refractivity contribution in [2.75, 3.05) is 13.2 Å². The summed E-state index contributed by atoms with van der Waals surface area (Å²) >= 11 is 0. The van der Waals surface area contributed by atoms with Gasteiger partial charge in [-0.15, -0.1) is 0 Å². The molecule has 0 rings (SSSR count). The fraction of sp³-hybridized carbons (Fsp3) is 0.446. The largest absolute Gasteiger partial charge is 0.462 e. The van der Waals surface area contributed by atoms with Crippen molar-refractivity contribution >= 4 is 11.9 Å². The molecule has 0 saturated heterocycles. The van der Waals surface area contributed by atoms with Crippen molar-refractivity contribution in [3.63, 3.8) is 0 Å². The fourth-order valence-corrected chi connectivity index (χ4v) is 6.16. The second kappa shape index (κ2) is 57.8. The topological polar surface area (TPSA) is 72.8 Å². The van der Waals surface area contributed by atoms with Crippen molar-refractivity contribution < 1.29 is 24.2 Å². The van der Waals surface area contributed by atoms with Gasteiger partial charge in [-0.1, -0.05) is 220 Å². The van der Waals surface area contributed by atoms with E-state index in [1.165, 1.54) is 0 Å². The molecule has 0 saturated carbocycles. The maximum Gasteiger partial charge on any atom is 0.306 e. The number of allylic oxidation sites excluding steroid dienone is 34. The predicted molar refractivity (Wildman–Crippen MR) is 305 cm³/mol. The van der Waals surface area contributed by atoms with Crippen LogP contribution in [0.1, 0.15) is 168 Å². The van der Waals surface area contributed by atoms with Gasteiger partial charge in [-0.25, -0.2) is 0 Å². The predicted octanol–water partition coefficient (Wildman–Crippen LogP) is 18.3. The van der Waals surface area contributed by atoms with Gasteiger partial charge in [0.1, 0.15) is 6.61 Å². The monoisotopic (exact) mass is 955 g/mol. The summed E-state index contributed by atoms with van der Waals surface area (Å²) in [7, 11) is 0. The number of aliphatic hydroxyl groups excluding tert-OH is 1. The standard InChI is InChI=1S/C65H94O5/c1-3-5-7-9-11-13-15-17-19-21-23-25-27-29-31-32-34-36-38-40-42-44-46-48-50-52-54-56-58-60-65(68)70-63(61-66)62-69-64(67)59-57-55-53-51-49-47-45-43-41-39-37-35-33-30-28-26-24-22-20-18-16-14-12-10-8-6-4-2/h5-8,11-14,17-20,23-26,29-31,33-34,36-37,39-40,42-43,45-46,48-49,51-52,54,63,66H,3-4,9-10,15-16,21-22,27-28,32,35,38,41,44,47,50,53,55-62H2,1-2H3/b7-5-,8-6-,13-11-,14-12-,19-17-,20-18-,25-23-,26-24-,31-29-,33-30-,36-34-,39-37-,42-40-,45-43-,48-46-,51-49-,54-52-. The van der Waals surface area contributed by atoms with Crippen LogP contribution < -0.4 is 0 Å². The van der Waals surface area contributed by atoms with E-state index in [2.05, 4.69) is 220 Å². The average molecular weight is 955 g/mol. The molecular formula is C65H94O5. The highest BCUT2D eigenvalue weighted by molar-refractivity contribution is 5.70. The van der Waals surface area contributed by atoms with Crippen LogP contribution in [0.3, 0.4) is 0 Å². The fourth-order valence-electron chi connectivity index (χ4n) is 6.16. The Hall–Kier alpha value is -5.52. The second-order valence-electron chi connectivity index (χ2n) is 16.5. The molecule has 1 N–H and O–H groups in total. The molecule has 5 heteroatoms. The van der Waals surface area contributed by atoms with E-state index < -0.39 is 12.1 Å². The highest BCUT2D eigenvalue weighted by Gasteiger charge is 2.15. The van der Waals surface area contributed by atoms with E-state index in [1.807, 2.05) is 0 Å². The molecule has 0 aromatic heterocycles. The smallest absolute Gasteiger partial charge is 0.306 e. The maximum atomic E-state index is 12.3. The number of carbonyl (C=O) groups is 2. The first-order chi connectivity index (χ1) is 34.6. The highest BCUT2D eigenvalue weighted by Crippen LogP contribution is 2.07. The van der Waals surface area contributed by atoms with Crippen LogP contribution in [0.15, 0.2) is 207 Å². The van der Waals surface area contributed by atoms with Crippen LogP contribution >= 0.6 is 0 Å². The van der Waals surface area contributed by atoms with Gasteiger partial charge in [0.25, 0.3) is 0 Å². The molecule has 5 nitrogen and oxygen atoms in total. The molecule has 0 aliphatic heterocycles. The van der Waals surface area contributed by atoms with Crippen LogP contribution in [0.2, 0.25) is 0 Å². The Labute approximate surface area is 428 Å². The third-order valence-corrected chi connectivity index (χ3v) is 10.1. The van der Waals surface area contributed by atoms with E-state index in [-0.39, 0.29) is 25.6 Å². The van der Waals surface area contributed by atoms with E-state index in [4.69, 9.17) is 9.47 Å². The van der Waals surface area contributed by atoms with Crippen molar-refractivity contribution in [2.45, 2.75) is 174 Å². The van der Waals surface area contributed by atoms with Crippen molar-refractivity contribution in [3.05, 3.63) is 207 Å². The van der Waals surface area contributed by atoms with E-state index in [0.29, 0.717) is 12.8 Å². The van der Waals surface area contributed by atoms with Gasteiger partial charge in [0, 0.05) is 12.8 Å². The lowest BCUT2D eigenvalue weighted by molar-refractivity contribution is -0.161. The van der Waals surface area contributed by atoms with E-state index in [9.17, 15) is 14.7 Å². The van der Waals surface area contributed by atoms with Gasteiger partial charge in [-0.3, -0.25) is 9.59 Å². The van der Waals surface area contributed by atoms with E-state index in [0.717, 1.165) is 135 Å². The zero-order valence-electron chi connectivity index (χ0n) is 43.7. The molecular weight excluding hydrogens is 861 g/mol. The number of esters is 2. The Morgan fingerprint density at radius 2 is 0.571 bits per heavy atom. The molecule has 0 aliphatic rings. The third kappa shape index (κ3) is 55.1. The summed E-state index contributed by atoms with van der Waals surface area (Å²) in [5.41, 5.74) is 0. The lowest BCUT2D eigenvalue weighted by Crippen LogP contribution is -2.28. The van der Waals surface area contributed by atoms with Crippen molar-refractivity contribution in [1.82, 2.24) is 0 Å². The number of carbonyl (C=O) groups excluding carboxylic acids is 2. The van der Waals surface area contributed by atoms with Gasteiger partial charge in [0.15, 0.2) is 6.10 Å². The zero-order chi connectivity index (χ0) is 50.6. The molecule has 1 unspecified atom stereocenters. The summed E-state index contributed by atoms with van der Waals surface area (Å²) in [5.74, 6) is -0.735. The minimum atomic E-state index is -0.841. The Morgan fingerprint density at radius 1 is 0.329 bits per heavy atom. The zero-order valence-corrected chi connectivity index (χ0v) is 43.7. The molecule has 0 bridgehead atoms. The first kappa shape index (κ1) is 64.5.